The average molecular weight is 506 g/mol. The molecule has 4 N–H and O–H groups in total. The van der Waals surface area contributed by atoms with Gasteiger partial charge in [0, 0.05) is 32.6 Å². The lowest BCUT2D eigenvalue weighted by Crippen LogP contribution is -2.32. The molecule has 4 aromatic rings. The third-order valence-electron chi connectivity index (χ3n) is 5.93. The van der Waals surface area contributed by atoms with E-state index in [-0.39, 0.29) is 23.9 Å². The Morgan fingerprint density at radius 3 is 2.42 bits per heavy atom. The molecule has 0 aliphatic heterocycles. The first-order valence-corrected chi connectivity index (χ1v) is 13.0. The van der Waals surface area contributed by atoms with Crippen LogP contribution in [0.1, 0.15) is 42.1 Å². The first-order valence-electron chi connectivity index (χ1n) is 12.2. The number of carbonyl (C=O) groups is 1. The second-order valence-corrected chi connectivity index (χ2v) is 9.82. The monoisotopic (exact) mass is 505 g/mol. The molecule has 7 heteroatoms. The van der Waals surface area contributed by atoms with Gasteiger partial charge < -0.3 is 25.4 Å². The standard InChI is InChI=1S/C29H31NO5S/c1-2-3-4-15-30-17-23(33)18-35-24-12-7-19(8-13-24)28(34)27-25-14-11-22(32)16-26(25)36-29(27)20-5-9-21(31)10-6-20/h5-14,16,23,30-33H,2-4,15,17-18H2,1H3. The third-order valence-corrected chi connectivity index (χ3v) is 7.13. The smallest absolute Gasteiger partial charge is 0.195 e. The Labute approximate surface area is 214 Å². The molecule has 3 aromatic carbocycles. The van der Waals surface area contributed by atoms with Gasteiger partial charge in [0.2, 0.25) is 0 Å². The number of benzene rings is 3. The number of aliphatic hydroxyl groups is 1. The molecule has 0 saturated carbocycles. The molecule has 0 spiro atoms. The molecular weight excluding hydrogens is 474 g/mol. The number of ether oxygens (including phenoxy) is 1. The summed E-state index contributed by atoms with van der Waals surface area (Å²) >= 11 is 1.42. The lowest BCUT2D eigenvalue weighted by Gasteiger charge is -2.13. The minimum Gasteiger partial charge on any atom is -0.508 e. The molecule has 0 saturated heterocycles. The molecule has 0 aliphatic rings. The van der Waals surface area contributed by atoms with Crippen LogP contribution >= 0.6 is 11.3 Å². The quantitative estimate of drug-likeness (QED) is 0.145. The van der Waals surface area contributed by atoms with Crippen molar-refractivity contribution < 1.29 is 24.9 Å². The molecule has 1 heterocycles. The molecule has 0 fully saturated rings. The molecule has 0 amide bonds. The largest absolute Gasteiger partial charge is 0.508 e. The van der Waals surface area contributed by atoms with E-state index in [1.165, 1.54) is 17.8 Å². The highest BCUT2D eigenvalue weighted by atomic mass is 32.1. The van der Waals surface area contributed by atoms with E-state index in [9.17, 15) is 20.1 Å². The number of phenolic OH excluding ortho intramolecular Hbond substituents is 2. The third kappa shape index (κ3) is 6.23. The number of thiophene rings is 1. The Kier molecular flexibility index (Phi) is 8.59. The molecule has 4 rings (SSSR count). The van der Waals surface area contributed by atoms with Crippen LogP contribution in [0, 0.1) is 0 Å². The van der Waals surface area contributed by atoms with Crippen molar-refractivity contribution in [3.63, 3.8) is 0 Å². The van der Waals surface area contributed by atoms with Crippen molar-refractivity contribution >= 4 is 27.2 Å². The number of rotatable bonds is 12. The SMILES string of the molecule is CCCCCNCC(O)COc1ccc(C(=O)c2c(-c3ccc(O)cc3)sc3cc(O)ccc23)cc1. The van der Waals surface area contributed by atoms with E-state index in [2.05, 4.69) is 12.2 Å². The van der Waals surface area contributed by atoms with Gasteiger partial charge in [-0.1, -0.05) is 19.8 Å². The Morgan fingerprint density at radius 2 is 1.69 bits per heavy atom. The molecule has 36 heavy (non-hydrogen) atoms. The lowest BCUT2D eigenvalue weighted by atomic mass is 9.97. The number of fused-ring (bicyclic) bond motifs is 1. The molecule has 1 unspecified atom stereocenters. The molecule has 1 aromatic heterocycles. The van der Waals surface area contributed by atoms with Gasteiger partial charge >= 0.3 is 0 Å². The topological polar surface area (TPSA) is 99.0 Å². The van der Waals surface area contributed by atoms with Gasteiger partial charge in [-0.05, 0) is 85.3 Å². The fraction of sp³-hybridized carbons (Fsp3) is 0.276. The molecule has 0 aliphatic carbocycles. The second kappa shape index (κ2) is 12.0. The van der Waals surface area contributed by atoms with Crippen LogP contribution in [0.5, 0.6) is 17.2 Å². The Hall–Kier alpha value is -3.39. The summed E-state index contributed by atoms with van der Waals surface area (Å²) in [7, 11) is 0. The van der Waals surface area contributed by atoms with Crippen molar-refractivity contribution in [2.24, 2.45) is 0 Å². The maximum atomic E-state index is 13.6. The van der Waals surface area contributed by atoms with Crippen molar-refractivity contribution in [3.05, 3.63) is 77.9 Å². The minimum atomic E-state index is -0.616. The average Bonchev–Trinajstić information content (AvgIpc) is 3.26. The van der Waals surface area contributed by atoms with Gasteiger partial charge in [0.15, 0.2) is 5.78 Å². The van der Waals surface area contributed by atoms with Crippen molar-refractivity contribution in [3.8, 4) is 27.7 Å². The summed E-state index contributed by atoms with van der Waals surface area (Å²) in [6, 6.07) is 18.6. The molecule has 1 atom stereocenters. The summed E-state index contributed by atoms with van der Waals surface area (Å²) in [4.78, 5) is 14.4. The Morgan fingerprint density at radius 1 is 0.972 bits per heavy atom. The number of unbranched alkanes of at least 4 members (excludes halogenated alkanes) is 2. The van der Waals surface area contributed by atoms with Crippen molar-refractivity contribution in [1.82, 2.24) is 5.32 Å². The van der Waals surface area contributed by atoms with E-state index in [1.807, 2.05) is 0 Å². The number of hydrogen-bond donors (Lipinski definition) is 4. The van der Waals surface area contributed by atoms with Gasteiger partial charge in [-0.3, -0.25) is 4.79 Å². The fourth-order valence-electron chi connectivity index (χ4n) is 3.99. The van der Waals surface area contributed by atoms with Crippen molar-refractivity contribution in [1.29, 1.82) is 0 Å². The molecule has 6 nitrogen and oxygen atoms in total. The van der Waals surface area contributed by atoms with Crippen LogP contribution in [-0.4, -0.2) is 46.9 Å². The molecule has 188 valence electrons. The van der Waals surface area contributed by atoms with E-state index < -0.39 is 6.10 Å². The van der Waals surface area contributed by atoms with Crippen molar-refractivity contribution in [2.45, 2.75) is 32.3 Å². The number of nitrogens with one attached hydrogen (secondary N) is 1. The van der Waals surface area contributed by atoms with Gasteiger partial charge in [-0.2, -0.15) is 0 Å². The highest BCUT2D eigenvalue weighted by Crippen LogP contribution is 2.41. The van der Waals surface area contributed by atoms with E-state index in [0.717, 1.165) is 39.9 Å². The van der Waals surface area contributed by atoms with E-state index >= 15 is 0 Å². The summed E-state index contributed by atoms with van der Waals surface area (Å²) in [6.45, 7) is 3.67. The minimum absolute atomic E-state index is 0.139. The van der Waals surface area contributed by atoms with Crippen LogP contribution in [-0.2, 0) is 0 Å². The number of carbonyl (C=O) groups excluding carboxylic acids is 1. The molecule has 0 bridgehead atoms. The summed E-state index contributed by atoms with van der Waals surface area (Å²) < 4.78 is 6.51. The van der Waals surface area contributed by atoms with E-state index in [1.54, 1.807) is 66.7 Å². The van der Waals surface area contributed by atoms with Crippen molar-refractivity contribution in [2.75, 3.05) is 19.7 Å². The maximum absolute atomic E-state index is 13.6. The zero-order chi connectivity index (χ0) is 25.5. The maximum Gasteiger partial charge on any atom is 0.195 e. The molecular formula is C29H31NO5S. The first-order chi connectivity index (χ1) is 17.5. The second-order valence-electron chi connectivity index (χ2n) is 8.76. The normalized spacial score (nSPS) is 12.1. The number of aliphatic hydroxyl groups excluding tert-OH is 1. The highest BCUT2D eigenvalue weighted by Gasteiger charge is 2.22. The predicted molar refractivity (Wildman–Crippen MR) is 144 cm³/mol. The van der Waals surface area contributed by atoms with Gasteiger partial charge in [0.25, 0.3) is 0 Å². The van der Waals surface area contributed by atoms with Gasteiger partial charge in [-0.15, -0.1) is 11.3 Å². The van der Waals surface area contributed by atoms with Crippen LogP contribution in [0.4, 0.5) is 0 Å². The summed E-state index contributed by atoms with van der Waals surface area (Å²) in [5.74, 6) is 0.728. The van der Waals surface area contributed by atoms with Crippen LogP contribution in [0.3, 0.4) is 0 Å². The lowest BCUT2D eigenvalue weighted by molar-refractivity contribution is 0.103. The summed E-state index contributed by atoms with van der Waals surface area (Å²) in [5, 5.41) is 33.8. The number of phenols is 2. The number of hydrogen-bond acceptors (Lipinski definition) is 7. The fourth-order valence-corrected chi connectivity index (χ4v) is 5.23. The van der Waals surface area contributed by atoms with Crippen LogP contribution in [0.25, 0.3) is 20.5 Å². The number of aromatic hydroxyl groups is 2. The van der Waals surface area contributed by atoms with Crippen LogP contribution in [0.15, 0.2) is 66.7 Å². The Bertz CT molecular complexity index is 1300. The molecule has 0 radical (unpaired) electrons. The zero-order valence-corrected chi connectivity index (χ0v) is 21.1. The Balaban J connectivity index is 1.49. The highest BCUT2D eigenvalue weighted by molar-refractivity contribution is 7.22. The summed E-state index contributed by atoms with van der Waals surface area (Å²) in [6.07, 6.45) is 2.81. The van der Waals surface area contributed by atoms with Gasteiger partial charge in [0.05, 0.1) is 0 Å². The van der Waals surface area contributed by atoms with Gasteiger partial charge in [0.1, 0.15) is 30.0 Å². The first kappa shape index (κ1) is 25.7. The number of ketones is 1. The zero-order valence-electron chi connectivity index (χ0n) is 20.2. The van der Waals surface area contributed by atoms with E-state index in [0.29, 0.717) is 23.4 Å². The predicted octanol–water partition coefficient (Wildman–Crippen LogP) is 5.73. The van der Waals surface area contributed by atoms with Gasteiger partial charge in [-0.25, -0.2) is 0 Å². The van der Waals surface area contributed by atoms with Crippen LogP contribution < -0.4 is 10.1 Å². The van der Waals surface area contributed by atoms with E-state index in [4.69, 9.17) is 4.74 Å². The van der Waals surface area contributed by atoms with Crippen LogP contribution in [0.2, 0.25) is 0 Å². The summed E-state index contributed by atoms with van der Waals surface area (Å²) in [5.41, 5.74) is 1.88.